The molecule has 12 nitrogen and oxygen atoms in total. The molecule has 0 fully saturated rings. The topological polar surface area (TPSA) is 150 Å². The van der Waals surface area contributed by atoms with Gasteiger partial charge in [-0.1, -0.05) is 84.4 Å². The van der Waals surface area contributed by atoms with Gasteiger partial charge in [0.25, 0.3) is 0 Å². The van der Waals surface area contributed by atoms with Crippen LogP contribution in [-0.4, -0.2) is 49.1 Å². The van der Waals surface area contributed by atoms with Gasteiger partial charge in [-0.3, -0.25) is 0 Å². The number of aromatic amines is 1. The van der Waals surface area contributed by atoms with Gasteiger partial charge in [-0.25, -0.2) is 19.9 Å². The summed E-state index contributed by atoms with van der Waals surface area (Å²) in [7, 11) is 0. The van der Waals surface area contributed by atoms with E-state index in [0.717, 1.165) is 44.4 Å². The average Bonchev–Trinajstić information content (AvgIpc) is 3.91. The van der Waals surface area contributed by atoms with Crippen LogP contribution >= 0.6 is 11.6 Å². The second kappa shape index (κ2) is 11.0. The molecule has 0 aliphatic carbocycles. The lowest BCUT2D eigenvalue weighted by Gasteiger charge is -2.16. The Balaban J connectivity index is 1.18. The molecule has 0 radical (unpaired) electrons. The van der Waals surface area contributed by atoms with Crippen molar-refractivity contribution in [3.05, 3.63) is 121 Å². The Bertz CT molecular complexity index is 2630. The molecule has 0 atom stereocenters. The third-order valence-corrected chi connectivity index (χ3v) is 8.37. The summed E-state index contributed by atoms with van der Waals surface area (Å²) in [4.78, 5) is 26.4. The van der Waals surface area contributed by atoms with E-state index in [0.29, 0.717) is 33.5 Å². The van der Waals surface area contributed by atoms with Crippen molar-refractivity contribution in [1.82, 2.24) is 49.1 Å². The first-order chi connectivity index (χ1) is 23.6. The van der Waals surface area contributed by atoms with Crippen molar-refractivity contribution >= 4 is 39.9 Å². The normalized spacial score (nSPS) is 11.5. The number of nitrogens with two attached hydrogens (primary N) is 1. The van der Waals surface area contributed by atoms with E-state index in [4.69, 9.17) is 27.1 Å². The van der Waals surface area contributed by atoms with Crippen LogP contribution in [0.3, 0.4) is 0 Å². The molecule has 0 spiro atoms. The maximum Gasteiger partial charge on any atom is 0.325 e. The number of halogens is 1. The van der Waals surface area contributed by atoms with Gasteiger partial charge in [0, 0.05) is 11.1 Å². The Labute approximate surface area is 276 Å². The van der Waals surface area contributed by atoms with Gasteiger partial charge in [-0.05, 0) is 35.4 Å². The number of hydrogen-bond donors (Lipinski definition) is 2. The first-order valence-corrected chi connectivity index (χ1v) is 15.3. The Morgan fingerprint density at radius 2 is 1.27 bits per heavy atom. The molecule has 5 aromatic heterocycles. The molecule has 0 amide bonds. The van der Waals surface area contributed by atoms with Crippen molar-refractivity contribution in [3.8, 4) is 56.5 Å². The van der Waals surface area contributed by atoms with E-state index in [1.54, 1.807) is 23.0 Å². The number of imidazole rings is 1. The molecule has 230 valence electrons. The van der Waals surface area contributed by atoms with E-state index in [1.165, 1.54) is 17.2 Å². The van der Waals surface area contributed by atoms with Crippen molar-refractivity contribution < 1.29 is 4.74 Å². The monoisotopic (exact) mass is 647 g/mol. The highest BCUT2D eigenvalue weighted by Crippen LogP contribution is 2.41. The molecule has 0 aliphatic rings. The summed E-state index contributed by atoms with van der Waals surface area (Å²) in [5.74, 6) is 0.596. The zero-order chi connectivity index (χ0) is 32.2. The van der Waals surface area contributed by atoms with Crippen molar-refractivity contribution in [2.75, 3.05) is 5.73 Å². The smallest absolute Gasteiger partial charge is 0.325 e. The number of nitrogens with zero attached hydrogens (tertiary/aromatic N) is 9. The average molecular weight is 648 g/mol. The molecule has 4 aromatic carbocycles. The number of hydrogen-bond acceptors (Lipinski definition) is 9. The van der Waals surface area contributed by atoms with E-state index in [-0.39, 0.29) is 12.0 Å². The van der Waals surface area contributed by atoms with Crippen LogP contribution in [0.4, 0.5) is 5.95 Å². The van der Waals surface area contributed by atoms with Gasteiger partial charge in [-0.2, -0.15) is 24.2 Å². The number of H-pyrrole nitrogens is 1. The summed E-state index contributed by atoms with van der Waals surface area (Å²) in [6, 6.07) is 31.3. The van der Waals surface area contributed by atoms with Crippen LogP contribution in [0.25, 0.3) is 67.1 Å². The van der Waals surface area contributed by atoms with Gasteiger partial charge >= 0.3 is 6.01 Å². The van der Waals surface area contributed by atoms with E-state index in [1.807, 2.05) is 84.9 Å². The summed E-state index contributed by atoms with van der Waals surface area (Å²) >= 11 is 6.94. The first-order valence-electron chi connectivity index (χ1n) is 14.9. The molecule has 0 saturated heterocycles. The predicted molar refractivity (Wildman–Crippen MR) is 182 cm³/mol. The van der Waals surface area contributed by atoms with Gasteiger partial charge in [-0.15, -0.1) is 0 Å². The molecule has 0 aliphatic heterocycles. The zero-order valence-electron chi connectivity index (χ0n) is 24.9. The van der Waals surface area contributed by atoms with Gasteiger partial charge in [0.05, 0.1) is 44.9 Å². The fourth-order valence-corrected chi connectivity index (χ4v) is 6.12. The molecular weight excluding hydrogens is 626 g/mol. The quantitative estimate of drug-likeness (QED) is 0.192. The van der Waals surface area contributed by atoms with Crippen molar-refractivity contribution in [2.45, 2.75) is 0 Å². The summed E-state index contributed by atoms with van der Waals surface area (Å²) in [5.41, 5.74) is 15.4. The highest BCUT2D eigenvalue weighted by molar-refractivity contribution is 6.32. The fourth-order valence-electron chi connectivity index (χ4n) is 5.90. The minimum absolute atomic E-state index is 0.196. The molecular formula is C35H22ClN11O. The molecule has 9 aromatic rings. The van der Waals surface area contributed by atoms with Crippen molar-refractivity contribution in [2.24, 2.45) is 0 Å². The molecule has 3 N–H and O–H groups in total. The third-order valence-electron chi connectivity index (χ3n) is 8.07. The van der Waals surface area contributed by atoms with Crippen molar-refractivity contribution in [3.63, 3.8) is 0 Å². The lowest BCUT2D eigenvalue weighted by atomic mass is 9.99. The van der Waals surface area contributed by atoms with Crippen molar-refractivity contribution in [1.29, 1.82) is 0 Å². The number of fused-ring (bicyclic) bond motifs is 3. The minimum Gasteiger partial charge on any atom is -0.423 e. The van der Waals surface area contributed by atoms with Crippen LogP contribution < -0.4 is 10.5 Å². The Hall–Kier alpha value is -6.66. The predicted octanol–water partition coefficient (Wildman–Crippen LogP) is 7.13. The van der Waals surface area contributed by atoms with Crippen LogP contribution in [0.2, 0.25) is 5.02 Å². The van der Waals surface area contributed by atoms with Crippen LogP contribution in [0, 0.1) is 0 Å². The van der Waals surface area contributed by atoms with Crippen LogP contribution in [0.5, 0.6) is 11.8 Å². The molecule has 0 saturated carbocycles. The SMILES string of the molecule is Nc1nc(-c2ccccc2)c(-c2ccc(Oc3nc(-c4ccccc4)c(-c4ccc5nc[nH]c5c4)c4ncnn34)c(Cl)c2)c2ncnn12. The summed E-state index contributed by atoms with van der Waals surface area (Å²) < 4.78 is 9.49. The second-order valence-electron chi connectivity index (χ2n) is 10.9. The van der Waals surface area contributed by atoms with E-state index in [2.05, 4.69) is 35.1 Å². The number of rotatable bonds is 6. The number of ether oxygens (including phenoxy) is 1. The molecule has 9 rings (SSSR count). The number of anilines is 1. The second-order valence-corrected chi connectivity index (χ2v) is 11.3. The van der Waals surface area contributed by atoms with E-state index in [9.17, 15) is 0 Å². The van der Waals surface area contributed by atoms with Crippen LogP contribution in [0.15, 0.2) is 116 Å². The maximum absolute atomic E-state index is 6.94. The fraction of sp³-hybridized carbons (Fsp3) is 0. The van der Waals surface area contributed by atoms with Gasteiger partial charge in [0.1, 0.15) is 18.4 Å². The highest BCUT2D eigenvalue weighted by atomic mass is 35.5. The molecule has 13 heteroatoms. The number of benzene rings is 4. The zero-order valence-corrected chi connectivity index (χ0v) is 25.6. The van der Waals surface area contributed by atoms with E-state index >= 15 is 0 Å². The standard InChI is InChI=1S/C35H22ClN11O/c36-24-15-22(28-30(20-7-3-1-4-8-20)44-34(37)46-32(28)40-18-42-46)12-14-27(24)48-35-45-31(21-9-5-2-6-10-21)29(33-41-19-43-47(33)35)23-11-13-25-26(16-23)39-17-38-25/h1-19H,(H2,37,44)(H,38,39). The van der Waals surface area contributed by atoms with Gasteiger partial charge < -0.3 is 15.5 Å². The van der Waals surface area contributed by atoms with Crippen LogP contribution in [-0.2, 0) is 0 Å². The minimum atomic E-state index is 0.196. The van der Waals surface area contributed by atoms with E-state index < -0.39 is 0 Å². The Morgan fingerprint density at radius 1 is 0.646 bits per heavy atom. The third kappa shape index (κ3) is 4.50. The van der Waals surface area contributed by atoms with Gasteiger partial charge in [0.2, 0.25) is 5.95 Å². The summed E-state index contributed by atoms with van der Waals surface area (Å²) in [6.07, 6.45) is 4.59. The lowest BCUT2D eigenvalue weighted by Crippen LogP contribution is -2.06. The summed E-state index contributed by atoms with van der Waals surface area (Å²) in [5, 5.41) is 9.09. The highest BCUT2D eigenvalue weighted by Gasteiger charge is 2.23. The Kier molecular flexibility index (Phi) is 6.33. The first kappa shape index (κ1) is 27.6. The largest absolute Gasteiger partial charge is 0.423 e. The molecule has 48 heavy (non-hydrogen) atoms. The van der Waals surface area contributed by atoms with Crippen LogP contribution in [0.1, 0.15) is 0 Å². The molecule has 0 bridgehead atoms. The Morgan fingerprint density at radius 3 is 1.98 bits per heavy atom. The lowest BCUT2D eigenvalue weighted by molar-refractivity contribution is 0.427. The number of aromatic nitrogens is 10. The molecule has 0 unspecified atom stereocenters. The van der Waals surface area contributed by atoms with Gasteiger partial charge in [0.15, 0.2) is 11.3 Å². The number of nitrogens with one attached hydrogen (secondary N) is 1. The summed E-state index contributed by atoms with van der Waals surface area (Å²) in [6.45, 7) is 0. The maximum atomic E-state index is 6.94. The number of nitrogen functional groups attached to an aromatic ring is 1. The molecule has 5 heterocycles.